The molecule has 0 bridgehead atoms. The molecule has 0 amide bonds. The second-order valence-electron chi connectivity index (χ2n) is 6.83. The van der Waals surface area contributed by atoms with Gasteiger partial charge in [-0.15, -0.1) is 0 Å². The van der Waals surface area contributed by atoms with Crippen molar-refractivity contribution in [2.75, 3.05) is 57.9 Å². The molecule has 1 N–H and O–H groups in total. The van der Waals surface area contributed by atoms with Crippen LogP contribution >= 0.6 is 0 Å². The van der Waals surface area contributed by atoms with E-state index in [1.165, 1.54) is 16.8 Å². The predicted octanol–water partition coefficient (Wildman–Crippen LogP) is 2.98. The summed E-state index contributed by atoms with van der Waals surface area (Å²) in [6, 6.07) is 16.7. The second kappa shape index (κ2) is 10.1. The first kappa shape index (κ1) is 20.2. The number of rotatable bonds is 9. The number of anilines is 1. The van der Waals surface area contributed by atoms with Gasteiger partial charge < -0.3 is 19.5 Å². The maximum absolute atomic E-state index is 10.5. The maximum atomic E-state index is 10.5. The van der Waals surface area contributed by atoms with Crippen LogP contribution in [0.4, 0.5) is 5.69 Å². The van der Waals surface area contributed by atoms with Gasteiger partial charge in [0.1, 0.15) is 5.75 Å². The first-order valence-corrected chi connectivity index (χ1v) is 9.67. The zero-order chi connectivity index (χ0) is 19.8. The van der Waals surface area contributed by atoms with E-state index in [1.54, 1.807) is 7.11 Å². The van der Waals surface area contributed by atoms with Gasteiger partial charge in [-0.2, -0.15) is 0 Å². The van der Waals surface area contributed by atoms with E-state index >= 15 is 0 Å². The molecule has 28 heavy (non-hydrogen) atoms. The van der Waals surface area contributed by atoms with E-state index in [0.29, 0.717) is 6.61 Å². The molecule has 0 radical (unpaired) electrons. The SMILES string of the molecule is COc1ccc(-c2ccccc2N2CCN(CCOCCC(=O)O)CC2)cc1. The topological polar surface area (TPSA) is 62.2 Å². The Bertz CT molecular complexity index is 755. The van der Waals surface area contributed by atoms with Crippen LogP contribution < -0.4 is 9.64 Å². The molecule has 0 saturated carbocycles. The lowest BCUT2D eigenvalue weighted by Gasteiger charge is -2.37. The minimum atomic E-state index is -0.816. The third-order valence-corrected chi connectivity index (χ3v) is 5.03. The molecule has 6 nitrogen and oxygen atoms in total. The van der Waals surface area contributed by atoms with E-state index in [-0.39, 0.29) is 13.0 Å². The van der Waals surface area contributed by atoms with Gasteiger partial charge in [0.25, 0.3) is 0 Å². The van der Waals surface area contributed by atoms with Crippen molar-refractivity contribution >= 4 is 11.7 Å². The molecule has 0 atom stereocenters. The van der Waals surface area contributed by atoms with Gasteiger partial charge in [-0.1, -0.05) is 30.3 Å². The molecule has 1 saturated heterocycles. The predicted molar refractivity (Wildman–Crippen MR) is 110 cm³/mol. The Morgan fingerprint density at radius 2 is 1.71 bits per heavy atom. The maximum Gasteiger partial charge on any atom is 0.305 e. The van der Waals surface area contributed by atoms with Crippen molar-refractivity contribution in [3.63, 3.8) is 0 Å². The van der Waals surface area contributed by atoms with Crippen LogP contribution in [-0.2, 0) is 9.53 Å². The number of hydrogen-bond acceptors (Lipinski definition) is 5. The lowest BCUT2D eigenvalue weighted by atomic mass is 10.0. The number of benzene rings is 2. The zero-order valence-electron chi connectivity index (χ0n) is 16.3. The van der Waals surface area contributed by atoms with E-state index in [2.05, 4.69) is 46.2 Å². The Hall–Kier alpha value is -2.57. The second-order valence-corrected chi connectivity index (χ2v) is 6.83. The lowest BCUT2D eigenvalue weighted by Crippen LogP contribution is -2.47. The van der Waals surface area contributed by atoms with E-state index in [1.807, 2.05) is 12.1 Å². The van der Waals surface area contributed by atoms with Crippen LogP contribution in [0.2, 0.25) is 0 Å². The Kier molecular flexibility index (Phi) is 7.28. The first-order chi connectivity index (χ1) is 13.7. The van der Waals surface area contributed by atoms with Crippen molar-refractivity contribution in [1.82, 2.24) is 4.90 Å². The highest BCUT2D eigenvalue weighted by Gasteiger charge is 2.19. The summed E-state index contributed by atoms with van der Waals surface area (Å²) < 4.78 is 10.7. The number of piperazine rings is 1. The van der Waals surface area contributed by atoms with Gasteiger partial charge in [-0.3, -0.25) is 9.69 Å². The molecule has 0 unspecified atom stereocenters. The van der Waals surface area contributed by atoms with Gasteiger partial charge in [0.15, 0.2) is 0 Å². The van der Waals surface area contributed by atoms with Crippen LogP contribution in [0, 0.1) is 0 Å². The van der Waals surface area contributed by atoms with Crippen molar-refractivity contribution in [1.29, 1.82) is 0 Å². The van der Waals surface area contributed by atoms with Crippen molar-refractivity contribution in [3.05, 3.63) is 48.5 Å². The molecule has 3 rings (SSSR count). The number of carboxylic acid groups (broad SMARTS) is 1. The van der Waals surface area contributed by atoms with Crippen molar-refractivity contribution < 1.29 is 19.4 Å². The number of nitrogens with zero attached hydrogens (tertiary/aromatic N) is 2. The summed E-state index contributed by atoms with van der Waals surface area (Å²) in [6.45, 7) is 5.57. The molecule has 1 heterocycles. The van der Waals surface area contributed by atoms with Crippen LogP contribution in [0.1, 0.15) is 6.42 Å². The standard InChI is InChI=1S/C22H28N2O4/c1-27-19-8-6-18(7-9-19)20-4-2-3-5-21(20)24-13-11-23(12-14-24)15-17-28-16-10-22(25)26/h2-9H,10-17H2,1H3,(H,25,26). The average Bonchev–Trinajstić information content (AvgIpc) is 2.74. The Labute approximate surface area is 166 Å². The molecule has 0 aliphatic carbocycles. The number of carbonyl (C=O) groups is 1. The quantitative estimate of drug-likeness (QED) is 0.671. The number of carboxylic acids is 1. The van der Waals surface area contributed by atoms with Crippen LogP contribution in [0.25, 0.3) is 11.1 Å². The molecule has 0 aromatic heterocycles. The molecule has 2 aromatic carbocycles. The minimum absolute atomic E-state index is 0.0654. The van der Waals surface area contributed by atoms with Crippen LogP contribution in [0.15, 0.2) is 48.5 Å². The Morgan fingerprint density at radius 1 is 1.00 bits per heavy atom. The molecular weight excluding hydrogens is 356 g/mol. The number of methoxy groups -OCH3 is 1. The molecule has 2 aromatic rings. The molecule has 6 heteroatoms. The number of ether oxygens (including phenoxy) is 2. The van der Waals surface area contributed by atoms with Crippen LogP contribution in [0.5, 0.6) is 5.75 Å². The van der Waals surface area contributed by atoms with Crippen molar-refractivity contribution in [3.8, 4) is 16.9 Å². The fraction of sp³-hybridized carbons (Fsp3) is 0.409. The number of aliphatic carboxylic acids is 1. The van der Waals surface area contributed by atoms with Gasteiger partial charge in [-0.05, 0) is 23.8 Å². The number of para-hydroxylation sites is 1. The molecule has 1 aliphatic rings. The molecular formula is C22H28N2O4. The fourth-order valence-corrected chi connectivity index (χ4v) is 3.43. The first-order valence-electron chi connectivity index (χ1n) is 9.67. The summed E-state index contributed by atoms with van der Waals surface area (Å²) in [7, 11) is 1.68. The van der Waals surface area contributed by atoms with E-state index in [4.69, 9.17) is 14.6 Å². The molecule has 0 spiro atoms. The van der Waals surface area contributed by atoms with Gasteiger partial charge in [0.2, 0.25) is 0 Å². The highest BCUT2D eigenvalue weighted by atomic mass is 16.5. The summed E-state index contributed by atoms with van der Waals surface area (Å²) >= 11 is 0. The Balaban J connectivity index is 1.55. The van der Waals surface area contributed by atoms with E-state index < -0.39 is 5.97 Å². The smallest absolute Gasteiger partial charge is 0.305 e. The third kappa shape index (κ3) is 5.47. The van der Waals surface area contributed by atoms with E-state index in [9.17, 15) is 4.79 Å². The summed E-state index contributed by atoms with van der Waals surface area (Å²) in [4.78, 5) is 15.3. The highest BCUT2D eigenvalue weighted by Crippen LogP contribution is 2.32. The van der Waals surface area contributed by atoms with Gasteiger partial charge in [0, 0.05) is 44.0 Å². The van der Waals surface area contributed by atoms with Gasteiger partial charge in [-0.25, -0.2) is 0 Å². The van der Waals surface area contributed by atoms with Gasteiger partial charge >= 0.3 is 5.97 Å². The summed E-state index contributed by atoms with van der Waals surface area (Å²) in [5.74, 6) is 0.0459. The highest BCUT2D eigenvalue weighted by molar-refractivity contribution is 5.79. The lowest BCUT2D eigenvalue weighted by molar-refractivity contribution is -0.138. The van der Waals surface area contributed by atoms with E-state index in [0.717, 1.165) is 38.5 Å². The third-order valence-electron chi connectivity index (χ3n) is 5.03. The van der Waals surface area contributed by atoms with Crippen LogP contribution in [0.3, 0.4) is 0 Å². The average molecular weight is 384 g/mol. The molecule has 1 aliphatic heterocycles. The summed E-state index contributed by atoms with van der Waals surface area (Å²) in [5.41, 5.74) is 3.67. The molecule has 150 valence electrons. The zero-order valence-corrected chi connectivity index (χ0v) is 16.3. The van der Waals surface area contributed by atoms with Crippen LogP contribution in [-0.4, -0.2) is 69.0 Å². The summed E-state index contributed by atoms with van der Waals surface area (Å²) in [5, 5.41) is 8.63. The largest absolute Gasteiger partial charge is 0.497 e. The summed E-state index contributed by atoms with van der Waals surface area (Å²) in [6.07, 6.45) is 0.0654. The van der Waals surface area contributed by atoms with Gasteiger partial charge in [0.05, 0.1) is 26.7 Å². The number of hydrogen-bond donors (Lipinski definition) is 1. The molecule has 1 fully saturated rings. The monoisotopic (exact) mass is 384 g/mol. The normalized spacial score (nSPS) is 14.8. The fourth-order valence-electron chi connectivity index (χ4n) is 3.43. The Morgan fingerprint density at radius 3 is 2.39 bits per heavy atom. The van der Waals surface area contributed by atoms with Crippen molar-refractivity contribution in [2.45, 2.75) is 6.42 Å². The van der Waals surface area contributed by atoms with Crippen molar-refractivity contribution in [2.24, 2.45) is 0 Å². The minimum Gasteiger partial charge on any atom is -0.497 e.